The number of hydrogen-bond acceptors (Lipinski definition) is 5. The lowest BCUT2D eigenvalue weighted by Crippen LogP contribution is -2.35. The van der Waals surface area contributed by atoms with E-state index < -0.39 is 5.92 Å². The lowest BCUT2D eigenvalue weighted by atomic mass is 10.0. The molecule has 0 bridgehead atoms. The van der Waals surface area contributed by atoms with E-state index in [1.54, 1.807) is 48.7 Å². The molecule has 1 fully saturated rings. The van der Waals surface area contributed by atoms with Gasteiger partial charge in [-0.2, -0.15) is 0 Å². The van der Waals surface area contributed by atoms with Gasteiger partial charge in [0.05, 0.1) is 26.2 Å². The zero-order valence-corrected chi connectivity index (χ0v) is 19.3. The van der Waals surface area contributed by atoms with Crippen molar-refractivity contribution in [1.82, 2.24) is 5.32 Å². The van der Waals surface area contributed by atoms with Gasteiger partial charge in [-0.1, -0.05) is 29.8 Å². The molecule has 0 aliphatic carbocycles. The van der Waals surface area contributed by atoms with Crippen LogP contribution in [0.1, 0.15) is 22.9 Å². The predicted molar refractivity (Wildman–Crippen MR) is 126 cm³/mol. The van der Waals surface area contributed by atoms with Gasteiger partial charge in [-0.3, -0.25) is 9.59 Å². The Morgan fingerprint density at radius 3 is 2.53 bits per heavy atom. The van der Waals surface area contributed by atoms with Crippen LogP contribution in [0, 0.1) is 5.92 Å². The van der Waals surface area contributed by atoms with E-state index in [9.17, 15) is 9.59 Å². The van der Waals surface area contributed by atoms with Crippen molar-refractivity contribution in [3.05, 3.63) is 75.4 Å². The fourth-order valence-electron chi connectivity index (χ4n) is 3.82. The van der Waals surface area contributed by atoms with Gasteiger partial charge in [0.25, 0.3) is 0 Å². The molecule has 2 aromatic carbocycles. The van der Waals surface area contributed by atoms with Crippen molar-refractivity contribution in [3.8, 4) is 11.5 Å². The van der Waals surface area contributed by atoms with Gasteiger partial charge in [-0.25, -0.2) is 0 Å². The second-order valence-electron chi connectivity index (χ2n) is 7.45. The van der Waals surface area contributed by atoms with Gasteiger partial charge in [0.2, 0.25) is 11.8 Å². The van der Waals surface area contributed by atoms with Crippen LogP contribution >= 0.6 is 22.9 Å². The topological polar surface area (TPSA) is 67.9 Å². The number of nitrogens with zero attached hydrogens (tertiary/aromatic N) is 1. The van der Waals surface area contributed by atoms with Crippen LogP contribution < -0.4 is 19.7 Å². The van der Waals surface area contributed by atoms with Crippen LogP contribution in [0.15, 0.2) is 60.0 Å². The summed E-state index contributed by atoms with van der Waals surface area (Å²) in [5, 5.41) is 5.75. The number of amides is 2. The van der Waals surface area contributed by atoms with Gasteiger partial charge in [-0.05, 0) is 41.3 Å². The average molecular weight is 471 g/mol. The van der Waals surface area contributed by atoms with Crippen molar-refractivity contribution >= 4 is 40.4 Å². The van der Waals surface area contributed by atoms with E-state index in [1.165, 1.54) is 0 Å². The summed E-state index contributed by atoms with van der Waals surface area (Å²) in [7, 11) is 3.11. The Morgan fingerprint density at radius 1 is 1.12 bits per heavy atom. The Kier molecular flexibility index (Phi) is 6.67. The third-order valence-electron chi connectivity index (χ3n) is 5.49. The van der Waals surface area contributed by atoms with Crippen LogP contribution in [0.2, 0.25) is 5.02 Å². The quantitative estimate of drug-likeness (QED) is 0.544. The second kappa shape index (κ2) is 9.63. The summed E-state index contributed by atoms with van der Waals surface area (Å²) >= 11 is 7.61. The molecule has 2 atom stereocenters. The third kappa shape index (κ3) is 4.59. The van der Waals surface area contributed by atoms with Crippen molar-refractivity contribution in [2.45, 2.75) is 12.5 Å². The first-order valence-electron chi connectivity index (χ1n) is 10.1. The van der Waals surface area contributed by atoms with E-state index in [4.69, 9.17) is 21.1 Å². The Balaban J connectivity index is 1.52. The smallest absolute Gasteiger partial charge is 0.227 e. The molecule has 32 heavy (non-hydrogen) atoms. The van der Waals surface area contributed by atoms with E-state index in [2.05, 4.69) is 5.32 Å². The first kappa shape index (κ1) is 22.2. The minimum Gasteiger partial charge on any atom is -0.493 e. The highest BCUT2D eigenvalue weighted by atomic mass is 35.5. The predicted octanol–water partition coefficient (Wildman–Crippen LogP) is 4.68. The molecule has 4 rings (SSSR count). The fraction of sp³-hybridized carbons (Fsp3) is 0.250. The van der Waals surface area contributed by atoms with E-state index in [0.29, 0.717) is 28.8 Å². The Bertz CT molecular complexity index is 1100. The zero-order valence-electron chi connectivity index (χ0n) is 17.7. The number of ether oxygens (including phenoxy) is 2. The summed E-state index contributed by atoms with van der Waals surface area (Å²) in [6.07, 6.45) is 0.151. The van der Waals surface area contributed by atoms with Crippen molar-refractivity contribution in [3.63, 3.8) is 0 Å². The standard InChI is InChI=1S/C24H23ClN2O4S/c1-30-19-10-9-18(13-20(19)31-2)27-14-16(12-22(27)28)24(29)26-23(21-4-3-11-32-21)15-5-7-17(25)8-6-15/h3-11,13,16,23H,12,14H2,1-2H3,(H,26,29). The number of carbonyl (C=O) groups excluding carboxylic acids is 2. The molecule has 6 nitrogen and oxygen atoms in total. The second-order valence-corrected chi connectivity index (χ2v) is 8.87. The summed E-state index contributed by atoms with van der Waals surface area (Å²) < 4.78 is 10.6. The highest BCUT2D eigenvalue weighted by Gasteiger charge is 2.36. The van der Waals surface area contributed by atoms with Gasteiger partial charge in [0, 0.05) is 34.6 Å². The molecule has 1 aromatic heterocycles. The lowest BCUT2D eigenvalue weighted by Gasteiger charge is -2.21. The van der Waals surface area contributed by atoms with E-state index >= 15 is 0 Å². The molecule has 8 heteroatoms. The van der Waals surface area contributed by atoms with Crippen LogP contribution in [-0.2, 0) is 9.59 Å². The summed E-state index contributed by atoms with van der Waals surface area (Å²) in [6.45, 7) is 0.304. The number of hydrogen-bond donors (Lipinski definition) is 1. The molecule has 0 spiro atoms. The van der Waals surface area contributed by atoms with Crippen molar-refractivity contribution < 1.29 is 19.1 Å². The normalized spacial score (nSPS) is 16.7. The zero-order chi connectivity index (χ0) is 22.7. The summed E-state index contributed by atoms with van der Waals surface area (Å²) in [5.74, 6) is 0.404. The number of anilines is 1. The molecule has 0 radical (unpaired) electrons. The summed E-state index contributed by atoms with van der Waals surface area (Å²) in [6, 6.07) is 16.4. The lowest BCUT2D eigenvalue weighted by molar-refractivity contribution is -0.126. The highest BCUT2D eigenvalue weighted by Crippen LogP contribution is 2.35. The molecule has 2 unspecified atom stereocenters. The molecule has 2 heterocycles. The number of carbonyl (C=O) groups is 2. The van der Waals surface area contributed by atoms with Gasteiger partial charge in [-0.15, -0.1) is 11.3 Å². The van der Waals surface area contributed by atoms with E-state index in [-0.39, 0.29) is 24.3 Å². The van der Waals surface area contributed by atoms with Gasteiger partial charge < -0.3 is 19.7 Å². The van der Waals surface area contributed by atoms with Crippen LogP contribution in [0.5, 0.6) is 11.5 Å². The van der Waals surface area contributed by atoms with Crippen LogP contribution in [-0.4, -0.2) is 32.6 Å². The molecule has 166 valence electrons. The molecular weight excluding hydrogens is 448 g/mol. The number of thiophene rings is 1. The van der Waals surface area contributed by atoms with Crippen LogP contribution in [0.3, 0.4) is 0 Å². The monoisotopic (exact) mass is 470 g/mol. The van der Waals surface area contributed by atoms with Gasteiger partial charge >= 0.3 is 0 Å². The maximum atomic E-state index is 13.2. The van der Waals surface area contributed by atoms with Crippen LogP contribution in [0.25, 0.3) is 0 Å². The van der Waals surface area contributed by atoms with Crippen molar-refractivity contribution in [2.75, 3.05) is 25.7 Å². The highest BCUT2D eigenvalue weighted by molar-refractivity contribution is 7.10. The number of methoxy groups -OCH3 is 2. The minimum atomic E-state index is -0.453. The van der Waals surface area contributed by atoms with Gasteiger partial charge in [0.15, 0.2) is 11.5 Å². The first-order valence-corrected chi connectivity index (χ1v) is 11.4. The van der Waals surface area contributed by atoms with Gasteiger partial charge in [0.1, 0.15) is 0 Å². The maximum absolute atomic E-state index is 13.2. The molecular formula is C24H23ClN2O4S. The Labute approximate surface area is 195 Å². The van der Waals surface area contributed by atoms with Crippen LogP contribution in [0.4, 0.5) is 5.69 Å². The molecule has 1 aliphatic rings. The molecule has 1 N–H and O–H groups in total. The Morgan fingerprint density at radius 2 is 1.88 bits per heavy atom. The number of rotatable bonds is 7. The molecule has 0 saturated carbocycles. The Hall–Kier alpha value is -3.03. The van der Waals surface area contributed by atoms with E-state index in [1.807, 2.05) is 41.8 Å². The first-order chi connectivity index (χ1) is 15.5. The third-order valence-corrected chi connectivity index (χ3v) is 6.68. The number of nitrogens with one attached hydrogen (secondary N) is 1. The largest absolute Gasteiger partial charge is 0.493 e. The summed E-state index contributed by atoms with van der Waals surface area (Å²) in [5.41, 5.74) is 1.61. The minimum absolute atomic E-state index is 0.100. The fourth-order valence-corrected chi connectivity index (χ4v) is 4.74. The number of halogens is 1. The molecule has 1 aliphatic heterocycles. The average Bonchev–Trinajstić information content (AvgIpc) is 3.47. The maximum Gasteiger partial charge on any atom is 0.227 e. The number of benzene rings is 2. The van der Waals surface area contributed by atoms with Crippen molar-refractivity contribution in [2.24, 2.45) is 5.92 Å². The SMILES string of the molecule is COc1ccc(N2CC(C(=O)NC(c3ccc(Cl)cc3)c3cccs3)CC2=O)cc1OC. The molecule has 1 saturated heterocycles. The molecule has 2 amide bonds. The van der Waals surface area contributed by atoms with E-state index in [0.717, 1.165) is 10.4 Å². The summed E-state index contributed by atoms with van der Waals surface area (Å²) in [4.78, 5) is 28.5. The van der Waals surface area contributed by atoms with Crippen molar-refractivity contribution in [1.29, 1.82) is 0 Å². The molecule has 3 aromatic rings.